The lowest BCUT2D eigenvalue weighted by atomic mass is 10.1. The second kappa shape index (κ2) is 4.61. The highest BCUT2D eigenvalue weighted by Gasteiger charge is 2.22. The normalized spacial score (nSPS) is 11.9. The van der Waals surface area contributed by atoms with Gasteiger partial charge in [0.2, 0.25) is 5.91 Å². The first kappa shape index (κ1) is 12.4. The Kier molecular flexibility index (Phi) is 4.40. The minimum atomic E-state index is -0.805. The van der Waals surface area contributed by atoms with Gasteiger partial charge in [-0.25, -0.2) is 0 Å². The van der Waals surface area contributed by atoms with Gasteiger partial charge >= 0.3 is 0 Å². The smallest absolute Gasteiger partial charge is 0.225 e. The Bertz CT molecular complexity index is 170. The monoisotopic (exact) mass is 187 g/mol. The molecule has 0 aliphatic heterocycles. The first-order chi connectivity index (χ1) is 5.78. The van der Waals surface area contributed by atoms with Gasteiger partial charge in [0.1, 0.15) is 0 Å². The van der Waals surface area contributed by atoms with Gasteiger partial charge in [-0.1, -0.05) is 13.8 Å². The Hall–Kier alpha value is -0.570. The van der Waals surface area contributed by atoms with Gasteiger partial charge in [0, 0.05) is 19.0 Å². The van der Waals surface area contributed by atoms with Crippen molar-refractivity contribution in [3.05, 3.63) is 0 Å². The van der Waals surface area contributed by atoms with Gasteiger partial charge < -0.3 is 10.0 Å². The summed E-state index contributed by atoms with van der Waals surface area (Å²) in [5, 5.41) is 9.56. The van der Waals surface area contributed by atoms with Crippen LogP contribution in [0.3, 0.4) is 0 Å². The van der Waals surface area contributed by atoms with Crippen LogP contribution in [0.25, 0.3) is 0 Å². The molecule has 0 fully saturated rings. The van der Waals surface area contributed by atoms with Crippen LogP contribution in [-0.4, -0.2) is 34.6 Å². The molecular formula is C10H21NO2. The number of likely N-dealkylation sites (N-methyl/N-ethyl adjacent to an activating group) is 1. The summed E-state index contributed by atoms with van der Waals surface area (Å²) in [6.07, 6.45) is 0. The number of nitrogens with zero attached hydrogens (tertiary/aromatic N) is 1. The third-order valence-corrected chi connectivity index (χ3v) is 1.77. The second-order valence-corrected chi connectivity index (χ2v) is 4.32. The largest absolute Gasteiger partial charge is 0.389 e. The van der Waals surface area contributed by atoms with E-state index in [1.54, 1.807) is 18.7 Å². The second-order valence-electron chi connectivity index (χ2n) is 4.32. The van der Waals surface area contributed by atoms with E-state index in [-0.39, 0.29) is 11.8 Å². The molecule has 3 heteroatoms. The van der Waals surface area contributed by atoms with Crippen LogP contribution in [0.1, 0.15) is 34.6 Å². The summed E-state index contributed by atoms with van der Waals surface area (Å²) in [6.45, 7) is 10.1. The maximum absolute atomic E-state index is 11.6. The minimum absolute atomic E-state index is 0.00213. The van der Waals surface area contributed by atoms with Crippen molar-refractivity contribution in [3.8, 4) is 0 Å². The molecule has 0 aromatic rings. The number of rotatable bonds is 4. The van der Waals surface area contributed by atoms with Crippen LogP contribution >= 0.6 is 0 Å². The van der Waals surface area contributed by atoms with Crippen molar-refractivity contribution < 1.29 is 9.90 Å². The van der Waals surface area contributed by atoms with E-state index in [0.717, 1.165) is 0 Å². The fraction of sp³-hybridized carbons (Fsp3) is 0.900. The Morgan fingerprint density at radius 1 is 1.46 bits per heavy atom. The van der Waals surface area contributed by atoms with Crippen LogP contribution in [0.2, 0.25) is 0 Å². The van der Waals surface area contributed by atoms with Crippen molar-refractivity contribution in [2.45, 2.75) is 40.2 Å². The maximum atomic E-state index is 11.6. The highest BCUT2D eigenvalue weighted by atomic mass is 16.3. The van der Waals surface area contributed by atoms with Gasteiger partial charge in [-0.05, 0) is 20.8 Å². The number of hydrogen-bond acceptors (Lipinski definition) is 2. The number of amides is 1. The first-order valence-corrected chi connectivity index (χ1v) is 4.79. The summed E-state index contributed by atoms with van der Waals surface area (Å²) in [4.78, 5) is 13.3. The summed E-state index contributed by atoms with van der Waals surface area (Å²) < 4.78 is 0. The van der Waals surface area contributed by atoms with E-state index in [1.165, 1.54) is 0 Å². The van der Waals surface area contributed by atoms with E-state index in [2.05, 4.69) is 0 Å². The zero-order chi connectivity index (χ0) is 10.6. The van der Waals surface area contributed by atoms with Crippen molar-refractivity contribution in [3.63, 3.8) is 0 Å². The molecule has 0 aliphatic rings. The Morgan fingerprint density at radius 3 is 2.15 bits per heavy atom. The summed E-state index contributed by atoms with van der Waals surface area (Å²) in [5.41, 5.74) is -0.805. The summed E-state index contributed by atoms with van der Waals surface area (Å²) >= 11 is 0. The molecule has 0 rings (SSSR count). The first-order valence-electron chi connectivity index (χ1n) is 4.79. The number of aliphatic hydroxyl groups is 1. The standard InChI is InChI=1S/C10H21NO2/c1-6-11(7-10(4,5)13)9(12)8(2)3/h8,13H,6-7H2,1-5H3. The Labute approximate surface area is 80.7 Å². The number of carbonyl (C=O) groups is 1. The van der Waals surface area contributed by atoms with E-state index < -0.39 is 5.60 Å². The van der Waals surface area contributed by atoms with Crippen molar-refractivity contribution in [1.82, 2.24) is 4.90 Å². The van der Waals surface area contributed by atoms with Crippen LogP contribution in [0.15, 0.2) is 0 Å². The van der Waals surface area contributed by atoms with Crippen LogP contribution in [-0.2, 0) is 4.79 Å². The molecule has 0 atom stereocenters. The predicted octanol–water partition coefficient (Wildman–Crippen LogP) is 1.26. The number of hydrogen-bond donors (Lipinski definition) is 1. The molecule has 3 nitrogen and oxygen atoms in total. The lowest BCUT2D eigenvalue weighted by Gasteiger charge is -2.29. The molecule has 0 saturated carbocycles. The fourth-order valence-electron chi connectivity index (χ4n) is 1.18. The fourth-order valence-corrected chi connectivity index (χ4v) is 1.18. The minimum Gasteiger partial charge on any atom is -0.389 e. The van der Waals surface area contributed by atoms with Gasteiger partial charge in [-0.3, -0.25) is 4.79 Å². The molecule has 1 amide bonds. The predicted molar refractivity (Wildman–Crippen MR) is 53.4 cm³/mol. The van der Waals surface area contributed by atoms with Crippen LogP contribution in [0.4, 0.5) is 0 Å². The van der Waals surface area contributed by atoms with Crippen molar-refractivity contribution in [2.75, 3.05) is 13.1 Å². The number of carbonyl (C=O) groups excluding carboxylic acids is 1. The molecule has 0 aliphatic carbocycles. The Balaban J connectivity index is 4.27. The van der Waals surface area contributed by atoms with Gasteiger partial charge in [-0.2, -0.15) is 0 Å². The van der Waals surface area contributed by atoms with E-state index in [4.69, 9.17) is 0 Å². The quantitative estimate of drug-likeness (QED) is 0.720. The molecule has 0 unspecified atom stereocenters. The van der Waals surface area contributed by atoms with Crippen molar-refractivity contribution in [2.24, 2.45) is 5.92 Å². The summed E-state index contributed by atoms with van der Waals surface area (Å²) in [7, 11) is 0. The molecule has 0 aromatic heterocycles. The average molecular weight is 187 g/mol. The molecule has 0 spiro atoms. The van der Waals surface area contributed by atoms with Crippen LogP contribution < -0.4 is 0 Å². The van der Waals surface area contributed by atoms with E-state index in [0.29, 0.717) is 13.1 Å². The SMILES string of the molecule is CCN(CC(C)(C)O)C(=O)C(C)C. The summed E-state index contributed by atoms with van der Waals surface area (Å²) in [5.74, 6) is 0.104. The van der Waals surface area contributed by atoms with Crippen LogP contribution in [0.5, 0.6) is 0 Å². The third-order valence-electron chi connectivity index (χ3n) is 1.77. The highest BCUT2D eigenvalue weighted by Crippen LogP contribution is 2.08. The molecule has 0 radical (unpaired) electrons. The zero-order valence-electron chi connectivity index (χ0n) is 9.29. The van der Waals surface area contributed by atoms with E-state index >= 15 is 0 Å². The van der Waals surface area contributed by atoms with Crippen LogP contribution in [0, 0.1) is 5.92 Å². The summed E-state index contributed by atoms with van der Waals surface area (Å²) in [6, 6.07) is 0. The third kappa shape index (κ3) is 4.88. The molecule has 0 aromatic carbocycles. The van der Waals surface area contributed by atoms with Crippen molar-refractivity contribution >= 4 is 5.91 Å². The average Bonchev–Trinajstić information content (AvgIpc) is 1.97. The van der Waals surface area contributed by atoms with Gasteiger partial charge in [0.25, 0.3) is 0 Å². The molecule has 13 heavy (non-hydrogen) atoms. The molecule has 78 valence electrons. The van der Waals surface area contributed by atoms with E-state index in [9.17, 15) is 9.90 Å². The lowest BCUT2D eigenvalue weighted by Crippen LogP contribution is -2.43. The molecule has 0 bridgehead atoms. The zero-order valence-corrected chi connectivity index (χ0v) is 9.29. The van der Waals surface area contributed by atoms with Crippen molar-refractivity contribution in [1.29, 1.82) is 0 Å². The van der Waals surface area contributed by atoms with Gasteiger partial charge in [0.05, 0.1) is 5.60 Å². The lowest BCUT2D eigenvalue weighted by molar-refractivity contribution is -0.137. The maximum Gasteiger partial charge on any atom is 0.225 e. The Morgan fingerprint density at radius 2 is 1.92 bits per heavy atom. The van der Waals surface area contributed by atoms with Gasteiger partial charge in [0.15, 0.2) is 0 Å². The topological polar surface area (TPSA) is 40.5 Å². The highest BCUT2D eigenvalue weighted by molar-refractivity contribution is 5.78. The van der Waals surface area contributed by atoms with Gasteiger partial charge in [-0.15, -0.1) is 0 Å². The molecule has 1 N–H and O–H groups in total. The molecular weight excluding hydrogens is 166 g/mol. The molecule has 0 saturated heterocycles. The molecule has 0 heterocycles. The van der Waals surface area contributed by atoms with E-state index in [1.807, 2.05) is 20.8 Å².